The molecule has 0 N–H and O–H groups in total. The zero-order valence-electron chi connectivity index (χ0n) is 15.0. The van der Waals surface area contributed by atoms with Gasteiger partial charge in [-0.15, -0.1) is 0 Å². The Morgan fingerprint density at radius 3 is 2.65 bits per heavy atom. The fraction of sp³-hybridized carbons (Fsp3) is 0.632. The van der Waals surface area contributed by atoms with Gasteiger partial charge >= 0.3 is 6.18 Å². The molecule has 0 unspecified atom stereocenters. The molecular formula is C19H24F3NO3. The SMILES string of the molecule is CO[C@@H]1CC[C@@]2(OC)CCN(C(=O)Cc3ccccc3C(F)(F)F)[C@H]2C1. The Morgan fingerprint density at radius 2 is 2.00 bits per heavy atom. The first-order valence-electron chi connectivity index (χ1n) is 8.83. The summed E-state index contributed by atoms with van der Waals surface area (Å²) in [5.74, 6) is -0.289. The van der Waals surface area contributed by atoms with Gasteiger partial charge in [-0.1, -0.05) is 18.2 Å². The fourth-order valence-electron chi connectivity index (χ4n) is 4.39. The van der Waals surface area contributed by atoms with Crippen molar-refractivity contribution in [3.63, 3.8) is 0 Å². The van der Waals surface area contributed by atoms with E-state index in [4.69, 9.17) is 9.47 Å². The van der Waals surface area contributed by atoms with Crippen molar-refractivity contribution in [1.29, 1.82) is 0 Å². The smallest absolute Gasteiger partial charge is 0.381 e. The summed E-state index contributed by atoms with van der Waals surface area (Å²) in [4.78, 5) is 14.6. The van der Waals surface area contributed by atoms with Gasteiger partial charge in [-0.2, -0.15) is 13.2 Å². The Labute approximate surface area is 151 Å². The molecule has 3 rings (SSSR count). The van der Waals surface area contributed by atoms with Gasteiger partial charge < -0.3 is 14.4 Å². The molecule has 1 saturated carbocycles. The van der Waals surface area contributed by atoms with Gasteiger partial charge in [0.1, 0.15) is 0 Å². The number of halogens is 3. The van der Waals surface area contributed by atoms with Gasteiger partial charge in [0, 0.05) is 20.8 Å². The fourth-order valence-corrected chi connectivity index (χ4v) is 4.39. The summed E-state index contributed by atoms with van der Waals surface area (Å²) in [5.41, 5.74) is -1.14. The molecule has 1 heterocycles. The number of rotatable bonds is 4. The Hall–Kier alpha value is -1.60. The van der Waals surface area contributed by atoms with Crippen LogP contribution >= 0.6 is 0 Å². The molecule has 4 nitrogen and oxygen atoms in total. The van der Waals surface area contributed by atoms with E-state index in [2.05, 4.69) is 0 Å². The number of ether oxygens (including phenoxy) is 2. The van der Waals surface area contributed by atoms with Gasteiger partial charge in [0.05, 0.1) is 29.7 Å². The van der Waals surface area contributed by atoms with Crippen LogP contribution in [0.3, 0.4) is 0 Å². The van der Waals surface area contributed by atoms with E-state index in [1.807, 2.05) is 0 Å². The van der Waals surface area contributed by atoms with Gasteiger partial charge in [0.25, 0.3) is 0 Å². The molecule has 3 atom stereocenters. The molecule has 0 radical (unpaired) electrons. The zero-order valence-corrected chi connectivity index (χ0v) is 15.0. The predicted octanol–water partition coefficient (Wildman–Crippen LogP) is 3.43. The second-order valence-electron chi connectivity index (χ2n) is 7.09. The van der Waals surface area contributed by atoms with Crippen LogP contribution in [0.4, 0.5) is 13.2 Å². The number of carbonyl (C=O) groups is 1. The van der Waals surface area contributed by atoms with Crippen molar-refractivity contribution < 1.29 is 27.4 Å². The largest absolute Gasteiger partial charge is 0.416 e. The van der Waals surface area contributed by atoms with Gasteiger partial charge in [0.15, 0.2) is 0 Å². The van der Waals surface area contributed by atoms with Crippen LogP contribution in [0.1, 0.15) is 36.8 Å². The standard InChI is InChI=1S/C19H24F3NO3/c1-25-14-7-8-18(26-2)9-10-23(16(18)12-14)17(24)11-13-5-3-4-6-15(13)19(20,21)22/h3-6,14,16H,7-12H2,1-2H3/t14-,16+,18-/m1/s1. The average Bonchev–Trinajstić information content (AvgIpc) is 3.00. The number of likely N-dealkylation sites (tertiary alicyclic amines) is 1. The van der Waals surface area contributed by atoms with Crippen LogP contribution in [-0.4, -0.2) is 49.3 Å². The van der Waals surface area contributed by atoms with Crippen LogP contribution in [-0.2, 0) is 26.9 Å². The summed E-state index contributed by atoms with van der Waals surface area (Å²) in [5, 5.41) is 0. The number of fused-ring (bicyclic) bond motifs is 1. The van der Waals surface area contributed by atoms with Crippen LogP contribution in [0.5, 0.6) is 0 Å². The minimum absolute atomic E-state index is 0.0130. The van der Waals surface area contributed by atoms with Crippen molar-refractivity contribution in [2.45, 2.75) is 56.0 Å². The second kappa shape index (κ2) is 7.19. The molecule has 1 aromatic carbocycles. The van der Waals surface area contributed by atoms with Crippen LogP contribution in [0.15, 0.2) is 24.3 Å². The van der Waals surface area contributed by atoms with Crippen LogP contribution in [0.25, 0.3) is 0 Å². The first-order chi connectivity index (χ1) is 12.3. The molecule has 2 aliphatic rings. The molecular weight excluding hydrogens is 347 g/mol. The molecule has 1 amide bonds. The Morgan fingerprint density at radius 1 is 1.27 bits per heavy atom. The number of methoxy groups -OCH3 is 2. The first kappa shape index (κ1) is 19.2. The summed E-state index contributed by atoms with van der Waals surface area (Å²) < 4.78 is 50.8. The molecule has 1 saturated heterocycles. The number of carbonyl (C=O) groups excluding carboxylic acids is 1. The third kappa shape index (κ3) is 3.47. The van der Waals surface area contributed by atoms with E-state index in [1.54, 1.807) is 19.1 Å². The lowest BCUT2D eigenvalue weighted by molar-refractivity contribution is -0.141. The van der Waals surface area contributed by atoms with Crippen LogP contribution in [0, 0.1) is 0 Å². The Kier molecular flexibility index (Phi) is 5.30. The molecule has 1 aliphatic heterocycles. The molecule has 0 aromatic heterocycles. The Bertz CT molecular complexity index is 664. The minimum Gasteiger partial charge on any atom is -0.381 e. The van der Waals surface area contributed by atoms with Crippen molar-refractivity contribution in [2.24, 2.45) is 0 Å². The summed E-state index contributed by atoms with van der Waals surface area (Å²) in [6.45, 7) is 0.502. The number of alkyl halides is 3. The maximum atomic E-state index is 13.2. The van der Waals surface area contributed by atoms with Gasteiger partial charge in [-0.3, -0.25) is 4.79 Å². The van der Waals surface area contributed by atoms with Gasteiger partial charge in [-0.25, -0.2) is 0 Å². The lowest BCUT2D eigenvalue weighted by Gasteiger charge is -2.43. The maximum Gasteiger partial charge on any atom is 0.416 e. The predicted molar refractivity (Wildman–Crippen MR) is 89.7 cm³/mol. The van der Waals surface area contributed by atoms with Crippen LogP contribution in [0.2, 0.25) is 0 Å². The van der Waals surface area contributed by atoms with E-state index >= 15 is 0 Å². The molecule has 2 fully saturated rings. The highest BCUT2D eigenvalue weighted by molar-refractivity contribution is 5.80. The molecule has 1 aromatic rings. The summed E-state index contributed by atoms with van der Waals surface area (Å²) >= 11 is 0. The van der Waals surface area contributed by atoms with Crippen molar-refractivity contribution in [3.05, 3.63) is 35.4 Å². The van der Waals surface area contributed by atoms with E-state index in [0.717, 1.165) is 18.9 Å². The zero-order chi connectivity index (χ0) is 18.9. The molecule has 144 valence electrons. The summed E-state index contributed by atoms with van der Waals surface area (Å²) in [6, 6.07) is 5.11. The lowest BCUT2D eigenvalue weighted by Crippen LogP contribution is -2.53. The number of amides is 1. The van der Waals surface area contributed by atoms with E-state index in [9.17, 15) is 18.0 Å². The molecule has 26 heavy (non-hydrogen) atoms. The number of benzene rings is 1. The van der Waals surface area contributed by atoms with E-state index in [0.29, 0.717) is 19.4 Å². The van der Waals surface area contributed by atoms with Gasteiger partial charge in [0.2, 0.25) is 5.91 Å². The topological polar surface area (TPSA) is 38.8 Å². The van der Waals surface area contributed by atoms with E-state index < -0.39 is 17.3 Å². The monoisotopic (exact) mass is 371 g/mol. The summed E-state index contributed by atoms with van der Waals surface area (Å²) in [6.07, 6.45) is -1.68. The second-order valence-corrected chi connectivity index (χ2v) is 7.09. The van der Waals surface area contributed by atoms with Crippen molar-refractivity contribution >= 4 is 5.91 Å². The number of hydrogen-bond acceptors (Lipinski definition) is 3. The van der Waals surface area contributed by atoms with Crippen LogP contribution < -0.4 is 0 Å². The van der Waals surface area contributed by atoms with E-state index in [-0.39, 0.29) is 30.0 Å². The highest BCUT2D eigenvalue weighted by Crippen LogP contribution is 2.43. The summed E-state index contributed by atoms with van der Waals surface area (Å²) in [7, 11) is 3.29. The third-order valence-corrected chi connectivity index (χ3v) is 5.86. The van der Waals surface area contributed by atoms with E-state index in [1.165, 1.54) is 18.2 Å². The normalized spacial score (nSPS) is 28.9. The highest BCUT2D eigenvalue weighted by Gasteiger charge is 2.52. The number of nitrogens with zero attached hydrogens (tertiary/aromatic N) is 1. The lowest BCUT2D eigenvalue weighted by atomic mass is 9.79. The maximum absolute atomic E-state index is 13.2. The molecule has 1 aliphatic carbocycles. The molecule has 7 heteroatoms. The number of hydrogen-bond donors (Lipinski definition) is 0. The average molecular weight is 371 g/mol. The van der Waals surface area contributed by atoms with Gasteiger partial charge in [-0.05, 0) is 37.3 Å². The van der Waals surface area contributed by atoms with Crippen molar-refractivity contribution in [2.75, 3.05) is 20.8 Å². The molecule has 0 spiro atoms. The molecule has 0 bridgehead atoms. The third-order valence-electron chi connectivity index (χ3n) is 5.86. The quantitative estimate of drug-likeness (QED) is 0.814. The highest BCUT2D eigenvalue weighted by atomic mass is 19.4. The first-order valence-corrected chi connectivity index (χ1v) is 8.83. The Balaban J connectivity index is 1.81. The van der Waals surface area contributed by atoms with Crippen molar-refractivity contribution in [3.8, 4) is 0 Å². The van der Waals surface area contributed by atoms with Crippen molar-refractivity contribution in [1.82, 2.24) is 4.90 Å². The minimum atomic E-state index is -4.47.